The number of aromatic nitrogens is 1. The van der Waals surface area contributed by atoms with E-state index in [4.69, 9.17) is 5.73 Å². The van der Waals surface area contributed by atoms with E-state index in [1.54, 1.807) is 0 Å². The molecule has 3 rings (SSSR count). The van der Waals surface area contributed by atoms with Crippen LogP contribution in [0.1, 0.15) is 35.8 Å². The van der Waals surface area contributed by atoms with Gasteiger partial charge in [-0.1, -0.05) is 15.9 Å². The van der Waals surface area contributed by atoms with Crippen LogP contribution in [-0.2, 0) is 0 Å². The number of nitrogens with zero attached hydrogens (tertiary/aromatic N) is 2. The molecular weight excluding hydrogens is 425 g/mol. The minimum absolute atomic E-state index is 0. The molecule has 7 heteroatoms. The lowest BCUT2D eigenvalue weighted by Gasteiger charge is -2.35. The number of piperidine rings is 1. The number of likely N-dealkylation sites (tertiary alicyclic amines) is 1. The lowest BCUT2D eigenvalue weighted by molar-refractivity contribution is 0.0663. The summed E-state index contributed by atoms with van der Waals surface area (Å²) in [5, 5.41) is 0.901. The van der Waals surface area contributed by atoms with Crippen molar-refractivity contribution in [2.75, 3.05) is 13.1 Å². The predicted octanol–water partition coefficient (Wildman–Crippen LogP) is 4.35. The van der Waals surface area contributed by atoms with Gasteiger partial charge in [0.1, 0.15) is 0 Å². The van der Waals surface area contributed by atoms with Crippen molar-refractivity contribution in [2.45, 2.75) is 32.7 Å². The third-order valence-electron chi connectivity index (χ3n) is 4.62. The summed E-state index contributed by atoms with van der Waals surface area (Å²) >= 11 is 3.49. The van der Waals surface area contributed by atoms with Gasteiger partial charge >= 0.3 is 0 Å². The van der Waals surface area contributed by atoms with Crippen LogP contribution in [0.3, 0.4) is 0 Å². The molecule has 0 aliphatic carbocycles. The average molecular weight is 449 g/mol. The van der Waals surface area contributed by atoms with Gasteiger partial charge in [-0.25, -0.2) is 0 Å². The number of halogens is 3. The van der Waals surface area contributed by atoms with E-state index in [-0.39, 0.29) is 36.8 Å². The average Bonchev–Trinajstić information content (AvgIpc) is 2.54. The van der Waals surface area contributed by atoms with E-state index in [9.17, 15) is 4.79 Å². The standard InChI is InChI=1S/C18H22BrN3O.2ClH/c1-11-8-16(15-9-14(19)5-6-17(15)21-11)18(23)22-7-3-4-13(10-22)12(2)20;;/h5-6,8-9,12-13H,3-4,7,10,20H2,1-2H3;2*1H. The monoisotopic (exact) mass is 447 g/mol. The molecule has 1 fully saturated rings. The highest BCUT2D eigenvalue weighted by Gasteiger charge is 2.27. The van der Waals surface area contributed by atoms with E-state index in [0.717, 1.165) is 52.6 Å². The third kappa shape index (κ3) is 4.85. The van der Waals surface area contributed by atoms with E-state index in [2.05, 4.69) is 20.9 Å². The molecule has 0 spiro atoms. The highest BCUT2D eigenvalue weighted by Crippen LogP contribution is 2.26. The number of amides is 1. The molecule has 0 radical (unpaired) electrons. The van der Waals surface area contributed by atoms with Crippen molar-refractivity contribution >= 4 is 57.6 Å². The van der Waals surface area contributed by atoms with Crippen LogP contribution in [0.4, 0.5) is 0 Å². The Labute approximate surface area is 169 Å². The van der Waals surface area contributed by atoms with Gasteiger partial charge in [0.25, 0.3) is 5.91 Å². The van der Waals surface area contributed by atoms with Crippen LogP contribution < -0.4 is 5.73 Å². The van der Waals surface area contributed by atoms with E-state index >= 15 is 0 Å². The normalized spacial score (nSPS) is 18.2. The first-order chi connectivity index (χ1) is 11.0. The summed E-state index contributed by atoms with van der Waals surface area (Å²) in [6.07, 6.45) is 2.12. The molecule has 2 atom stereocenters. The summed E-state index contributed by atoms with van der Waals surface area (Å²) < 4.78 is 0.955. The van der Waals surface area contributed by atoms with Gasteiger partial charge in [-0.3, -0.25) is 9.78 Å². The van der Waals surface area contributed by atoms with Gasteiger partial charge in [0.05, 0.1) is 11.1 Å². The summed E-state index contributed by atoms with van der Waals surface area (Å²) in [6.45, 7) is 5.51. The SMILES string of the molecule is Cc1cc(C(=O)N2CCCC(C(C)N)C2)c2cc(Br)ccc2n1.Cl.Cl. The molecule has 1 aromatic carbocycles. The summed E-state index contributed by atoms with van der Waals surface area (Å²) in [7, 11) is 0. The zero-order valence-corrected chi connectivity index (χ0v) is 17.6. The Kier molecular flexibility index (Phi) is 8.13. The number of fused-ring (bicyclic) bond motifs is 1. The molecule has 2 aromatic rings. The second-order valence-electron chi connectivity index (χ2n) is 6.49. The minimum Gasteiger partial charge on any atom is -0.338 e. The van der Waals surface area contributed by atoms with Gasteiger partial charge in [0.15, 0.2) is 0 Å². The molecule has 2 N–H and O–H groups in total. The van der Waals surface area contributed by atoms with Crippen molar-refractivity contribution in [1.82, 2.24) is 9.88 Å². The largest absolute Gasteiger partial charge is 0.338 e. The van der Waals surface area contributed by atoms with Crippen LogP contribution in [0.25, 0.3) is 10.9 Å². The minimum atomic E-state index is 0. The topological polar surface area (TPSA) is 59.2 Å². The summed E-state index contributed by atoms with van der Waals surface area (Å²) in [5.74, 6) is 0.470. The van der Waals surface area contributed by atoms with Crippen molar-refractivity contribution in [1.29, 1.82) is 0 Å². The number of rotatable bonds is 2. The fourth-order valence-corrected chi connectivity index (χ4v) is 3.66. The molecule has 138 valence electrons. The number of pyridine rings is 1. The molecule has 1 amide bonds. The van der Waals surface area contributed by atoms with E-state index in [1.807, 2.05) is 43.0 Å². The summed E-state index contributed by atoms with van der Waals surface area (Å²) in [6, 6.07) is 7.89. The summed E-state index contributed by atoms with van der Waals surface area (Å²) in [5.41, 5.74) is 8.51. The fourth-order valence-electron chi connectivity index (χ4n) is 3.30. The van der Waals surface area contributed by atoms with Crippen molar-refractivity contribution < 1.29 is 4.79 Å². The molecule has 0 saturated carbocycles. The highest BCUT2D eigenvalue weighted by atomic mass is 79.9. The first-order valence-corrected chi connectivity index (χ1v) is 8.87. The molecule has 1 aliphatic rings. The van der Waals surface area contributed by atoms with Gasteiger partial charge in [-0.15, -0.1) is 24.8 Å². The third-order valence-corrected chi connectivity index (χ3v) is 5.11. The van der Waals surface area contributed by atoms with Gasteiger partial charge in [-0.2, -0.15) is 0 Å². The van der Waals surface area contributed by atoms with Gasteiger partial charge < -0.3 is 10.6 Å². The number of carbonyl (C=O) groups excluding carboxylic acids is 1. The summed E-state index contributed by atoms with van der Waals surface area (Å²) in [4.78, 5) is 19.6. The zero-order chi connectivity index (χ0) is 16.6. The lowest BCUT2D eigenvalue weighted by atomic mass is 9.91. The van der Waals surface area contributed by atoms with Crippen molar-refractivity contribution in [2.24, 2.45) is 11.7 Å². The number of aryl methyl sites for hydroxylation is 1. The quantitative estimate of drug-likeness (QED) is 0.742. The number of hydrogen-bond donors (Lipinski definition) is 1. The van der Waals surface area contributed by atoms with Crippen LogP contribution in [0, 0.1) is 12.8 Å². The van der Waals surface area contributed by atoms with E-state index < -0.39 is 0 Å². The maximum atomic E-state index is 13.1. The van der Waals surface area contributed by atoms with Crippen LogP contribution in [0.2, 0.25) is 0 Å². The Morgan fingerprint density at radius 1 is 1.36 bits per heavy atom. The van der Waals surface area contributed by atoms with Crippen molar-refractivity contribution in [3.8, 4) is 0 Å². The zero-order valence-electron chi connectivity index (χ0n) is 14.4. The maximum absolute atomic E-state index is 13.1. The molecule has 1 saturated heterocycles. The Morgan fingerprint density at radius 3 is 2.76 bits per heavy atom. The Morgan fingerprint density at radius 2 is 2.08 bits per heavy atom. The van der Waals surface area contributed by atoms with Gasteiger partial charge in [-0.05, 0) is 56.9 Å². The number of benzene rings is 1. The number of hydrogen-bond acceptors (Lipinski definition) is 3. The van der Waals surface area contributed by atoms with Gasteiger partial charge in [0, 0.05) is 34.7 Å². The Hall–Kier alpha value is -0.880. The van der Waals surface area contributed by atoms with E-state index in [0.29, 0.717) is 5.92 Å². The van der Waals surface area contributed by atoms with Crippen LogP contribution >= 0.6 is 40.7 Å². The second-order valence-corrected chi connectivity index (χ2v) is 7.40. The number of nitrogens with two attached hydrogens (primary N) is 1. The molecule has 4 nitrogen and oxygen atoms in total. The van der Waals surface area contributed by atoms with Crippen LogP contribution in [0.5, 0.6) is 0 Å². The van der Waals surface area contributed by atoms with Gasteiger partial charge in [0.2, 0.25) is 0 Å². The molecular formula is C18H24BrCl2N3O. The van der Waals surface area contributed by atoms with E-state index in [1.165, 1.54) is 0 Å². The lowest BCUT2D eigenvalue weighted by Crippen LogP contribution is -2.45. The maximum Gasteiger partial charge on any atom is 0.254 e. The molecule has 1 aliphatic heterocycles. The smallest absolute Gasteiger partial charge is 0.254 e. The van der Waals surface area contributed by atoms with Crippen molar-refractivity contribution in [3.63, 3.8) is 0 Å². The van der Waals surface area contributed by atoms with Crippen molar-refractivity contribution in [3.05, 3.63) is 40.0 Å². The molecule has 2 heterocycles. The first-order valence-electron chi connectivity index (χ1n) is 8.07. The molecule has 1 aromatic heterocycles. The fraction of sp³-hybridized carbons (Fsp3) is 0.444. The highest BCUT2D eigenvalue weighted by molar-refractivity contribution is 9.10. The molecule has 0 bridgehead atoms. The number of carbonyl (C=O) groups is 1. The van der Waals surface area contributed by atoms with Crippen LogP contribution in [-0.4, -0.2) is 34.9 Å². The predicted molar refractivity (Wildman–Crippen MR) is 111 cm³/mol. The molecule has 25 heavy (non-hydrogen) atoms. The molecule has 2 unspecified atom stereocenters. The van der Waals surface area contributed by atoms with Crippen LogP contribution in [0.15, 0.2) is 28.7 Å². The Balaban J connectivity index is 0.00000156. The first kappa shape index (κ1) is 22.2. The second kappa shape index (κ2) is 9.17. The Bertz CT molecular complexity index is 754.